The van der Waals surface area contributed by atoms with E-state index in [2.05, 4.69) is 43.9 Å². The average molecular weight is 465 g/mol. The second kappa shape index (κ2) is 8.99. The molecule has 5 heteroatoms. The van der Waals surface area contributed by atoms with Crippen LogP contribution in [0.5, 0.6) is 0 Å². The zero-order chi connectivity index (χ0) is 24.8. The lowest BCUT2D eigenvalue weighted by atomic mass is 9.81. The number of fused-ring (bicyclic) bond motifs is 1. The van der Waals surface area contributed by atoms with Crippen LogP contribution in [0, 0.1) is 19.3 Å². The van der Waals surface area contributed by atoms with Crippen molar-refractivity contribution in [2.45, 2.75) is 92.3 Å². The van der Waals surface area contributed by atoms with E-state index in [1.807, 2.05) is 27.7 Å². The van der Waals surface area contributed by atoms with Gasteiger partial charge in [-0.1, -0.05) is 32.0 Å². The van der Waals surface area contributed by atoms with E-state index in [1.165, 1.54) is 17.5 Å². The fourth-order valence-corrected chi connectivity index (χ4v) is 5.48. The molecule has 0 saturated carbocycles. The molecule has 2 aromatic rings. The van der Waals surface area contributed by atoms with E-state index in [4.69, 9.17) is 9.72 Å². The molecular weight excluding hydrogens is 424 g/mol. The number of benzene rings is 1. The van der Waals surface area contributed by atoms with Gasteiger partial charge in [-0.25, -0.2) is 4.79 Å². The van der Waals surface area contributed by atoms with Gasteiger partial charge in [-0.3, -0.25) is 4.98 Å². The number of aromatic nitrogens is 1. The maximum Gasteiger partial charge on any atom is 0.337 e. The molecule has 2 heterocycles. The van der Waals surface area contributed by atoms with Gasteiger partial charge in [0.2, 0.25) is 0 Å². The van der Waals surface area contributed by atoms with E-state index in [9.17, 15) is 9.90 Å². The number of pyridine rings is 1. The number of anilines is 1. The predicted octanol–water partition coefficient (Wildman–Crippen LogP) is 6.42. The topological polar surface area (TPSA) is 62.7 Å². The van der Waals surface area contributed by atoms with Crippen LogP contribution in [-0.4, -0.2) is 34.8 Å². The van der Waals surface area contributed by atoms with Crippen LogP contribution in [0.25, 0.3) is 11.1 Å². The first kappa shape index (κ1) is 24.7. The van der Waals surface area contributed by atoms with Gasteiger partial charge in [0, 0.05) is 35.6 Å². The lowest BCUT2D eigenvalue weighted by Crippen LogP contribution is -2.39. The normalized spacial score (nSPS) is 18.6. The number of aryl methyl sites for hydroxylation is 4. The number of carboxylic acid groups (broad SMARTS) is 1. The van der Waals surface area contributed by atoms with Crippen molar-refractivity contribution >= 4 is 11.7 Å². The molecule has 0 bridgehead atoms. The summed E-state index contributed by atoms with van der Waals surface area (Å²) >= 11 is 0. The monoisotopic (exact) mass is 464 g/mol. The molecule has 0 spiro atoms. The Kier molecular flexibility index (Phi) is 6.54. The molecule has 0 amide bonds. The second-order valence-corrected chi connectivity index (χ2v) is 11.9. The molecule has 1 aromatic heterocycles. The molecule has 1 N–H and O–H groups in total. The third kappa shape index (κ3) is 5.00. The Morgan fingerprint density at radius 1 is 1.09 bits per heavy atom. The Labute approximate surface area is 204 Å². The van der Waals surface area contributed by atoms with E-state index in [0.29, 0.717) is 5.56 Å². The molecule has 1 unspecified atom stereocenters. The molecule has 4 rings (SSSR count). The number of aliphatic carboxylic acids is 1. The molecule has 34 heavy (non-hydrogen) atoms. The Morgan fingerprint density at radius 2 is 1.74 bits per heavy atom. The fourth-order valence-electron chi connectivity index (χ4n) is 5.48. The molecule has 1 aromatic carbocycles. The molecule has 2 aliphatic rings. The summed E-state index contributed by atoms with van der Waals surface area (Å²) in [4.78, 5) is 19.9. The van der Waals surface area contributed by atoms with Crippen molar-refractivity contribution in [1.82, 2.24) is 4.98 Å². The maximum atomic E-state index is 12.6. The number of ether oxygens (including phenoxy) is 1. The number of nitrogens with zero attached hydrogens (tertiary/aromatic N) is 2. The quantitative estimate of drug-likeness (QED) is 0.553. The van der Waals surface area contributed by atoms with Gasteiger partial charge < -0.3 is 14.7 Å². The SMILES string of the molecule is Cc1nc(C)c(C(OC(C)(C)C)C(=O)O)c(N2CCC(C)(C)CC2)c1-c1ccc2c(c1)CCC2. The average Bonchev–Trinajstić information content (AvgIpc) is 3.19. The number of piperidine rings is 1. The molecule has 184 valence electrons. The molecule has 1 aliphatic carbocycles. The lowest BCUT2D eigenvalue weighted by Gasteiger charge is -2.41. The minimum absolute atomic E-state index is 0.287. The van der Waals surface area contributed by atoms with Crippen molar-refractivity contribution in [3.8, 4) is 11.1 Å². The van der Waals surface area contributed by atoms with E-state index >= 15 is 0 Å². The summed E-state index contributed by atoms with van der Waals surface area (Å²) in [6, 6.07) is 6.76. The zero-order valence-corrected chi connectivity index (χ0v) is 21.9. The highest BCUT2D eigenvalue weighted by molar-refractivity contribution is 5.88. The van der Waals surface area contributed by atoms with E-state index in [0.717, 1.165) is 67.0 Å². The van der Waals surface area contributed by atoms with Crippen LogP contribution in [0.2, 0.25) is 0 Å². The summed E-state index contributed by atoms with van der Waals surface area (Å²) in [5, 5.41) is 10.3. The predicted molar refractivity (Wildman–Crippen MR) is 138 cm³/mol. The van der Waals surface area contributed by atoms with Crippen LogP contribution in [0.15, 0.2) is 18.2 Å². The summed E-state index contributed by atoms with van der Waals surface area (Å²) < 4.78 is 6.18. The van der Waals surface area contributed by atoms with Crippen molar-refractivity contribution in [3.05, 3.63) is 46.3 Å². The smallest absolute Gasteiger partial charge is 0.337 e. The first-order chi connectivity index (χ1) is 15.9. The van der Waals surface area contributed by atoms with Crippen molar-refractivity contribution in [3.63, 3.8) is 0 Å². The Bertz CT molecular complexity index is 1090. The van der Waals surface area contributed by atoms with Crippen LogP contribution in [0.3, 0.4) is 0 Å². The maximum absolute atomic E-state index is 12.6. The molecular formula is C29H40N2O3. The van der Waals surface area contributed by atoms with E-state index in [1.54, 1.807) is 0 Å². The van der Waals surface area contributed by atoms with Gasteiger partial charge in [-0.05, 0) is 88.8 Å². The molecule has 5 nitrogen and oxygen atoms in total. The van der Waals surface area contributed by atoms with Gasteiger partial charge in [0.05, 0.1) is 11.3 Å². The lowest BCUT2D eigenvalue weighted by molar-refractivity contribution is -0.160. The summed E-state index contributed by atoms with van der Waals surface area (Å²) in [5.41, 5.74) is 8.08. The van der Waals surface area contributed by atoms with Crippen LogP contribution < -0.4 is 4.90 Å². The Morgan fingerprint density at radius 3 is 2.35 bits per heavy atom. The summed E-state index contributed by atoms with van der Waals surface area (Å²) in [7, 11) is 0. The van der Waals surface area contributed by atoms with Crippen LogP contribution >= 0.6 is 0 Å². The van der Waals surface area contributed by atoms with Gasteiger partial charge in [-0.15, -0.1) is 0 Å². The first-order valence-electron chi connectivity index (χ1n) is 12.7. The van der Waals surface area contributed by atoms with Crippen LogP contribution in [0.4, 0.5) is 5.69 Å². The number of rotatable bonds is 5. The van der Waals surface area contributed by atoms with Gasteiger partial charge in [0.1, 0.15) is 0 Å². The van der Waals surface area contributed by atoms with Crippen LogP contribution in [0.1, 0.15) is 88.1 Å². The van der Waals surface area contributed by atoms with E-state index in [-0.39, 0.29) is 5.41 Å². The van der Waals surface area contributed by atoms with Crippen molar-refractivity contribution in [2.75, 3.05) is 18.0 Å². The number of carbonyl (C=O) groups is 1. The minimum Gasteiger partial charge on any atom is -0.479 e. The van der Waals surface area contributed by atoms with Gasteiger partial charge in [0.15, 0.2) is 6.10 Å². The second-order valence-electron chi connectivity index (χ2n) is 11.9. The summed E-state index contributed by atoms with van der Waals surface area (Å²) in [6.07, 6.45) is 4.49. The zero-order valence-electron chi connectivity index (χ0n) is 21.9. The molecule has 1 fully saturated rings. The number of carboxylic acids is 1. The highest BCUT2D eigenvalue weighted by Crippen LogP contribution is 2.45. The van der Waals surface area contributed by atoms with Crippen molar-refractivity contribution in [1.29, 1.82) is 0 Å². The fraction of sp³-hybridized carbons (Fsp3) is 0.586. The third-order valence-electron chi connectivity index (χ3n) is 7.36. The number of hydrogen-bond donors (Lipinski definition) is 1. The minimum atomic E-state index is -1.08. The Hall–Kier alpha value is -2.40. The molecule has 0 radical (unpaired) electrons. The Balaban J connectivity index is 1.95. The molecule has 1 aliphatic heterocycles. The van der Waals surface area contributed by atoms with Gasteiger partial charge in [0.25, 0.3) is 0 Å². The van der Waals surface area contributed by atoms with Gasteiger partial charge in [-0.2, -0.15) is 0 Å². The van der Waals surface area contributed by atoms with Crippen molar-refractivity contribution in [2.24, 2.45) is 5.41 Å². The molecule has 1 saturated heterocycles. The highest BCUT2D eigenvalue weighted by atomic mass is 16.5. The number of hydrogen-bond acceptors (Lipinski definition) is 4. The highest BCUT2D eigenvalue weighted by Gasteiger charge is 2.36. The standard InChI is InChI=1S/C29H40N2O3/c1-18-23(22-12-11-20-9-8-10-21(20)17-22)25(31-15-13-29(6,7)14-16-31)24(19(2)30-18)26(27(32)33)34-28(3,4)5/h11-12,17,26H,8-10,13-16H2,1-7H3,(H,32,33). The third-order valence-corrected chi connectivity index (χ3v) is 7.36. The molecule has 1 atom stereocenters. The first-order valence-corrected chi connectivity index (χ1v) is 12.7. The summed E-state index contributed by atoms with van der Waals surface area (Å²) in [5.74, 6) is -0.970. The van der Waals surface area contributed by atoms with Crippen molar-refractivity contribution < 1.29 is 14.6 Å². The largest absolute Gasteiger partial charge is 0.479 e. The van der Waals surface area contributed by atoms with E-state index < -0.39 is 17.7 Å². The summed E-state index contributed by atoms with van der Waals surface area (Å²) in [6.45, 7) is 16.1. The van der Waals surface area contributed by atoms with Gasteiger partial charge >= 0.3 is 5.97 Å². The van der Waals surface area contributed by atoms with Crippen LogP contribution in [-0.2, 0) is 22.4 Å².